The first-order valence-electron chi connectivity index (χ1n) is 16.6. The molecule has 0 fully saturated rings. The van der Waals surface area contributed by atoms with Gasteiger partial charge in [0.05, 0.1) is 24.9 Å². The molecule has 0 saturated carbocycles. The molecule has 0 saturated heterocycles. The molecule has 1 heterocycles. The van der Waals surface area contributed by atoms with Gasteiger partial charge in [-0.3, -0.25) is 9.59 Å². The maximum Gasteiger partial charge on any atom is 0.233 e. The van der Waals surface area contributed by atoms with E-state index in [1.54, 1.807) is 0 Å². The Morgan fingerprint density at radius 2 is 1.66 bits per heavy atom. The van der Waals surface area contributed by atoms with Gasteiger partial charge in [-0.1, -0.05) is 87.5 Å². The molecule has 8 nitrogen and oxygen atoms in total. The number of para-hydroxylation sites is 1. The van der Waals surface area contributed by atoms with Crippen LogP contribution in [0.25, 0.3) is 0 Å². The Hall–Kier alpha value is -3.76. The summed E-state index contributed by atoms with van der Waals surface area (Å²) in [5.41, 5.74) is 9.08. The van der Waals surface area contributed by atoms with Crippen LogP contribution in [-0.2, 0) is 25.2 Å². The van der Waals surface area contributed by atoms with Crippen molar-refractivity contribution in [2.75, 3.05) is 13.2 Å². The van der Waals surface area contributed by atoms with Crippen LogP contribution >= 0.6 is 0 Å². The van der Waals surface area contributed by atoms with Gasteiger partial charge in [0.1, 0.15) is 17.4 Å². The van der Waals surface area contributed by atoms with Crippen LogP contribution in [-0.4, -0.2) is 45.4 Å². The summed E-state index contributed by atoms with van der Waals surface area (Å²) < 4.78 is 19.7. The maximum atomic E-state index is 13.7. The lowest BCUT2D eigenvalue weighted by Gasteiger charge is -2.42. The Morgan fingerprint density at radius 3 is 2.34 bits per heavy atom. The minimum atomic E-state index is -2.31. The molecule has 0 radical (unpaired) electrons. The van der Waals surface area contributed by atoms with E-state index >= 15 is 0 Å². The van der Waals surface area contributed by atoms with E-state index in [1.165, 1.54) is 0 Å². The number of amides is 2. The molecule has 9 heteroatoms. The minimum Gasteiger partial charge on any atom is -0.457 e. The van der Waals surface area contributed by atoms with Crippen molar-refractivity contribution >= 4 is 20.1 Å². The largest absolute Gasteiger partial charge is 0.457 e. The smallest absolute Gasteiger partial charge is 0.233 e. The second kappa shape index (κ2) is 15.0. The maximum absolute atomic E-state index is 13.7. The molecule has 5 atom stereocenters. The standard InChI is InChI=1S/C38H49N3O5Si/c1-38(2,3)47(4,5)46-35-25-40-32-24-34(29-20-19-28(23-31(29)32)45-27-16-10-7-11-17-27)44-21-13-12-18-30(36(39)42)37(43)41-33(35)22-26-14-8-6-9-15-26/h6-17,19-20,23,30,32-35,40H,18,21-22,24-25H2,1-5H3,(H2,39,42)(H,41,43)/b13-12+/t30-,32?,33-,34?,35+/m0/s1. The molecule has 2 amide bonds. The second-order valence-corrected chi connectivity index (χ2v) is 18.9. The molecule has 2 unspecified atom stereocenters. The molecule has 2 bridgehead atoms. The number of hydrogen-bond donors (Lipinski definition) is 3. The van der Waals surface area contributed by atoms with E-state index in [0.29, 0.717) is 19.6 Å². The van der Waals surface area contributed by atoms with Crippen molar-refractivity contribution in [3.05, 3.63) is 108 Å². The van der Waals surface area contributed by atoms with E-state index < -0.39 is 32.1 Å². The number of primary amides is 1. The van der Waals surface area contributed by atoms with Crippen molar-refractivity contribution in [2.24, 2.45) is 11.7 Å². The molecule has 1 aliphatic carbocycles. The molecule has 0 aromatic heterocycles. The minimum absolute atomic E-state index is 0.0274. The van der Waals surface area contributed by atoms with Crippen molar-refractivity contribution in [2.45, 2.75) is 82.5 Å². The highest BCUT2D eigenvalue weighted by Gasteiger charge is 2.42. The first-order chi connectivity index (χ1) is 22.4. The van der Waals surface area contributed by atoms with Gasteiger partial charge in [-0.05, 0) is 78.4 Å². The number of benzene rings is 3. The zero-order chi connectivity index (χ0) is 33.6. The first kappa shape index (κ1) is 34.6. The van der Waals surface area contributed by atoms with Gasteiger partial charge in [0, 0.05) is 12.6 Å². The van der Waals surface area contributed by atoms with E-state index in [4.69, 9.17) is 19.6 Å². The fraction of sp³-hybridized carbons (Fsp3) is 0.421. The number of carbonyl (C=O) groups is 2. The Labute approximate surface area is 280 Å². The van der Waals surface area contributed by atoms with Gasteiger partial charge in [-0.2, -0.15) is 0 Å². The van der Waals surface area contributed by atoms with Gasteiger partial charge in [0.25, 0.3) is 0 Å². The molecule has 3 aromatic rings. The van der Waals surface area contributed by atoms with Crippen LogP contribution in [0.5, 0.6) is 11.5 Å². The normalized spacial score (nSPS) is 24.7. The fourth-order valence-electron chi connectivity index (χ4n) is 5.99. The van der Waals surface area contributed by atoms with Gasteiger partial charge in [0.15, 0.2) is 8.32 Å². The molecule has 4 N–H and O–H groups in total. The molecule has 250 valence electrons. The SMILES string of the molecule is CC(C)(C)[Si](C)(C)O[C@@H]1CNC2CC(OC/C=C/C[C@@H](C(N)=O)C(=O)N[C@H]1Cc1ccccc1)c1ccc(Oc3ccccc3)cc12. The Morgan fingerprint density at radius 1 is 0.957 bits per heavy atom. The Balaban J connectivity index is 1.52. The number of nitrogens with one attached hydrogen (secondary N) is 2. The van der Waals surface area contributed by atoms with Crippen molar-refractivity contribution in [3.63, 3.8) is 0 Å². The third-order valence-electron chi connectivity index (χ3n) is 9.69. The van der Waals surface area contributed by atoms with Crippen LogP contribution in [0.2, 0.25) is 18.1 Å². The quantitative estimate of drug-likeness (QED) is 0.148. The Bertz CT molecular complexity index is 1540. The fourth-order valence-corrected chi connectivity index (χ4v) is 7.34. The topological polar surface area (TPSA) is 112 Å². The third-order valence-corrected chi connectivity index (χ3v) is 14.2. The van der Waals surface area contributed by atoms with Crippen molar-refractivity contribution in [1.29, 1.82) is 0 Å². The lowest BCUT2D eigenvalue weighted by Crippen LogP contribution is -2.57. The number of ether oxygens (including phenoxy) is 2. The molecule has 3 aromatic carbocycles. The summed E-state index contributed by atoms with van der Waals surface area (Å²) in [7, 11) is -2.31. The van der Waals surface area contributed by atoms with Crippen molar-refractivity contribution < 1.29 is 23.5 Å². The molecular formula is C38H49N3O5Si. The first-order valence-corrected chi connectivity index (χ1v) is 19.5. The van der Waals surface area contributed by atoms with Crippen LogP contribution in [0.15, 0.2) is 91.0 Å². The summed E-state index contributed by atoms with van der Waals surface area (Å²) in [5.74, 6) is -0.512. The van der Waals surface area contributed by atoms with E-state index in [-0.39, 0.29) is 29.7 Å². The van der Waals surface area contributed by atoms with Crippen LogP contribution in [0.3, 0.4) is 0 Å². The number of fused-ring (bicyclic) bond motifs is 5. The third kappa shape index (κ3) is 8.78. The average molecular weight is 656 g/mol. The summed E-state index contributed by atoms with van der Waals surface area (Å²) in [6.45, 7) is 11.9. The number of rotatable bonds is 7. The van der Waals surface area contributed by atoms with Crippen LogP contribution < -0.4 is 21.1 Å². The van der Waals surface area contributed by atoms with Gasteiger partial charge < -0.3 is 30.3 Å². The summed E-state index contributed by atoms with van der Waals surface area (Å²) in [6, 6.07) is 25.6. The van der Waals surface area contributed by atoms with Crippen LogP contribution in [0.1, 0.15) is 62.4 Å². The van der Waals surface area contributed by atoms with Crippen molar-refractivity contribution in [3.8, 4) is 11.5 Å². The lowest BCUT2D eigenvalue weighted by atomic mass is 9.98. The number of hydrogen-bond acceptors (Lipinski definition) is 6. The summed E-state index contributed by atoms with van der Waals surface area (Å²) >= 11 is 0. The van der Waals surface area contributed by atoms with E-state index in [2.05, 4.69) is 68.8 Å². The van der Waals surface area contributed by atoms with Gasteiger partial charge in [0.2, 0.25) is 11.8 Å². The zero-order valence-corrected chi connectivity index (χ0v) is 29.2. The highest BCUT2D eigenvalue weighted by Crippen LogP contribution is 2.43. The highest BCUT2D eigenvalue weighted by molar-refractivity contribution is 6.74. The van der Waals surface area contributed by atoms with Crippen molar-refractivity contribution in [1.82, 2.24) is 10.6 Å². The number of nitrogens with two attached hydrogens (primary N) is 1. The summed E-state index contributed by atoms with van der Waals surface area (Å²) in [5, 5.41) is 6.98. The Kier molecular flexibility index (Phi) is 11.0. The predicted octanol–water partition coefficient (Wildman–Crippen LogP) is 6.75. The average Bonchev–Trinajstić information content (AvgIpc) is 3.36. The second-order valence-electron chi connectivity index (χ2n) is 14.1. The molecule has 5 rings (SSSR count). The predicted molar refractivity (Wildman–Crippen MR) is 188 cm³/mol. The van der Waals surface area contributed by atoms with E-state index in [0.717, 1.165) is 34.6 Å². The molecule has 0 spiro atoms. The molecular weight excluding hydrogens is 607 g/mol. The number of carbonyl (C=O) groups excluding carboxylic acids is 2. The van der Waals surface area contributed by atoms with Gasteiger partial charge >= 0.3 is 0 Å². The van der Waals surface area contributed by atoms with Gasteiger partial charge in [-0.15, -0.1) is 0 Å². The summed E-state index contributed by atoms with van der Waals surface area (Å²) in [6.07, 6.45) is 4.63. The van der Waals surface area contributed by atoms with Crippen LogP contribution in [0.4, 0.5) is 0 Å². The zero-order valence-electron chi connectivity index (χ0n) is 28.2. The van der Waals surface area contributed by atoms with E-state index in [1.807, 2.05) is 66.7 Å². The van der Waals surface area contributed by atoms with E-state index in [9.17, 15) is 9.59 Å². The van der Waals surface area contributed by atoms with Crippen LogP contribution in [0, 0.1) is 5.92 Å². The lowest BCUT2D eigenvalue weighted by molar-refractivity contribution is -0.134. The number of allylic oxidation sites excluding steroid dienone is 1. The molecule has 2 aliphatic rings. The molecule has 47 heavy (non-hydrogen) atoms. The van der Waals surface area contributed by atoms with Gasteiger partial charge in [-0.25, -0.2) is 0 Å². The highest BCUT2D eigenvalue weighted by atomic mass is 28.4. The summed E-state index contributed by atoms with van der Waals surface area (Å²) in [4.78, 5) is 26.2. The molecule has 1 aliphatic heterocycles. The monoisotopic (exact) mass is 655 g/mol.